The third-order valence-corrected chi connectivity index (χ3v) is 3.82. The highest BCUT2D eigenvalue weighted by atomic mass is 16.4. The molecule has 3 N–H and O–H groups in total. The predicted molar refractivity (Wildman–Crippen MR) is 48.2 cm³/mol. The van der Waals surface area contributed by atoms with E-state index in [1.54, 1.807) is 0 Å². The monoisotopic (exact) mass is 186 g/mol. The molecular weight excluding hydrogens is 168 g/mol. The maximum Gasteiger partial charge on any atom is 0.119 e. The van der Waals surface area contributed by atoms with Crippen LogP contribution in [0.15, 0.2) is 0 Å². The van der Waals surface area contributed by atoms with Crippen LogP contribution in [0, 0.1) is 0 Å². The Morgan fingerprint density at radius 3 is 2.23 bits per heavy atom. The molecule has 0 aromatic heterocycles. The molecule has 0 radical (unpaired) electrons. The molecule has 0 aliphatic heterocycles. The zero-order chi connectivity index (χ0) is 9.53. The third kappa shape index (κ3) is 1.22. The molecule has 3 nitrogen and oxygen atoms in total. The van der Waals surface area contributed by atoms with Crippen molar-refractivity contribution >= 4 is 0 Å². The minimum Gasteiger partial charge on any atom is -0.390 e. The van der Waals surface area contributed by atoms with Crippen LogP contribution in [-0.4, -0.2) is 32.6 Å². The summed E-state index contributed by atoms with van der Waals surface area (Å²) in [7, 11) is 0. The van der Waals surface area contributed by atoms with Crippen molar-refractivity contribution in [1.29, 1.82) is 0 Å². The van der Waals surface area contributed by atoms with Crippen LogP contribution in [0.1, 0.15) is 44.9 Å². The lowest BCUT2D eigenvalue weighted by Crippen LogP contribution is -2.64. The van der Waals surface area contributed by atoms with E-state index in [1.807, 2.05) is 0 Å². The van der Waals surface area contributed by atoms with Crippen molar-refractivity contribution in [2.24, 2.45) is 0 Å². The molecular formula is C10H18O3. The molecule has 13 heavy (non-hydrogen) atoms. The van der Waals surface area contributed by atoms with E-state index in [-0.39, 0.29) is 0 Å². The fraction of sp³-hybridized carbons (Fsp3) is 1.00. The van der Waals surface area contributed by atoms with E-state index in [2.05, 4.69) is 0 Å². The summed E-state index contributed by atoms with van der Waals surface area (Å²) in [5.41, 5.74) is -2.23. The molecule has 2 aliphatic rings. The minimum absolute atomic E-state index is 0.546. The van der Waals surface area contributed by atoms with Crippen molar-refractivity contribution < 1.29 is 15.3 Å². The fourth-order valence-electron chi connectivity index (χ4n) is 2.91. The molecule has 0 spiro atoms. The van der Waals surface area contributed by atoms with E-state index in [9.17, 15) is 15.3 Å². The Morgan fingerprint density at radius 2 is 1.54 bits per heavy atom. The molecule has 76 valence electrons. The van der Waals surface area contributed by atoms with Gasteiger partial charge < -0.3 is 15.3 Å². The highest BCUT2D eigenvalue weighted by Crippen LogP contribution is 2.46. The molecule has 2 rings (SSSR count). The summed E-state index contributed by atoms with van der Waals surface area (Å²) in [6.45, 7) is 0. The predicted octanol–water partition coefficient (Wildman–Crippen LogP) is 0.567. The Balaban J connectivity index is 2.27. The molecule has 3 heteroatoms. The van der Waals surface area contributed by atoms with Gasteiger partial charge in [-0.15, -0.1) is 0 Å². The molecule has 0 amide bonds. The summed E-state index contributed by atoms with van der Waals surface area (Å²) >= 11 is 0. The van der Waals surface area contributed by atoms with Gasteiger partial charge >= 0.3 is 0 Å². The van der Waals surface area contributed by atoms with Crippen molar-refractivity contribution in [2.45, 2.75) is 62.3 Å². The highest BCUT2D eigenvalue weighted by molar-refractivity contribution is 5.08. The van der Waals surface area contributed by atoms with Crippen LogP contribution in [0.25, 0.3) is 0 Å². The fourth-order valence-corrected chi connectivity index (χ4v) is 2.91. The molecule has 0 unspecified atom stereocenters. The van der Waals surface area contributed by atoms with Crippen LogP contribution >= 0.6 is 0 Å². The van der Waals surface area contributed by atoms with E-state index in [0.29, 0.717) is 25.7 Å². The molecule has 0 aromatic rings. The standard InChI is InChI=1S/C10H18O3/c11-8-4-3-6-9(12)5-1-2-7-10(8,9)13/h8,11-13H,1-7H2/t8-,9-,10-/m0/s1. The summed E-state index contributed by atoms with van der Waals surface area (Å²) < 4.78 is 0. The van der Waals surface area contributed by atoms with Crippen LogP contribution in [-0.2, 0) is 0 Å². The zero-order valence-electron chi connectivity index (χ0n) is 7.87. The maximum absolute atomic E-state index is 10.2. The van der Waals surface area contributed by atoms with Crippen LogP contribution in [0.4, 0.5) is 0 Å². The van der Waals surface area contributed by atoms with Gasteiger partial charge in [-0.1, -0.05) is 12.8 Å². The topological polar surface area (TPSA) is 60.7 Å². The van der Waals surface area contributed by atoms with Gasteiger partial charge in [-0.05, 0) is 32.1 Å². The van der Waals surface area contributed by atoms with E-state index >= 15 is 0 Å². The Hall–Kier alpha value is -0.120. The summed E-state index contributed by atoms with van der Waals surface area (Å²) in [6.07, 6.45) is 4.41. The second-order valence-corrected chi connectivity index (χ2v) is 4.57. The molecule has 0 saturated heterocycles. The molecule has 3 atom stereocenters. The molecule has 0 heterocycles. The minimum atomic E-state index is -1.22. The first-order valence-electron chi connectivity index (χ1n) is 5.21. The highest BCUT2D eigenvalue weighted by Gasteiger charge is 2.56. The van der Waals surface area contributed by atoms with Crippen LogP contribution in [0.5, 0.6) is 0 Å². The lowest BCUT2D eigenvalue weighted by molar-refractivity contribution is -0.240. The Morgan fingerprint density at radius 1 is 0.923 bits per heavy atom. The van der Waals surface area contributed by atoms with Gasteiger partial charge in [-0.25, -0.2) is 0 Å². The number of hydrogen-bond acceptors (Lipinski definition) is 3. The Kier molecular flexibility index (Phi) is 2.13. The van der Waals surface area contributed by atoms with Crippen LogP contribution in [0.2, 0.25) is 0 Å². The zero-order valence-corrected chi connectivity index (χ0v) is 7.87. The van der Waals surface area contributed by atoms with Crippen molar-refractivity contribution in [1.82, 2.24) is 0 Å². The number of aliphatic hydroxyl groups is 3. The quantitative estimate of drug-likeness (QED) is 0.518. The second kappa shape index (κ2) is 2.94. The lowest BCUT2D eigenvalue weighted by atomic mass is 9.62. The first-order chi connectivity index (χ1) is 6.08. The maximum atomic E-state index is 10.2. The van der Waals surface area contributed by atoms with Crippen molar-refractivity contribution in [3.8, 4) is 0 Å². The molecule has 0 aromatic carbocycles. The van der Waals surface area contributed by atoms with Gasteiger partial charge in [-0.2, -0.15) is 0 Å². The Bertz CT molecular complexity index is 202. The SMILES string of the molecule is O[C@H]1CCC[C@@]2(O)CCCC[C@]12O. The third-order valence-electron chi connectivity index (χ3n) is 3.82. The lowest BCUT2D eigenvalue weighted by Gasteiger charge is -2.52. The van der Waals surface area contributed by atoms with Gasteiger partial charge in [0.2, 0.25) is 0 Å². The van der Waals surface area contributed by atoms with Crippen molar-refractivity contribution in [2.75, 3.05) is 0 Å². The van der Waals surface area contributed by atoms with Gasteiger partial charge in [0, 0.05) is 0 Å². The molecule has 2 fully saturated rings. The summed E-state index contributed by atoms with van der Waals surface area (Å²) in [6, 6.07) is 0. The van der Waals surface area contributed by atoms with Crippen LogP contribution in [0.3, 0.4) is 0 Å². The van der Waals surface area contributed by atoms with Gasteiger partial charge in [0.1, 0.15) is 5.60 Å². The van der Waals surface area contributed by atoms with Gasteiger partial charge in [0.15, 0.2) is 0 Å². The van der Waals surface area contributed by atoms with Crippen molar-refractivity contribution in [3.63, 3.8) is 0 Å². The number of rotatable bonds is 0. The number of aliphatic hydroxyl groups excluding tert-OH is 1. The Labute approximate surface area is 78.4 Å². The average molecular weight is 186 g/mol. The first-order valence-corrected chi connectivity index (χ1v) is 5.21. The second-order valence-electron chi connectivity index (χ2n) is 4.57. The van der Waals surface area contributed by atoms with E-state index in [4.69, 9.17) is 0 Å². The molecule has 0 bridgehead atoms. The van der Waals surface area contributed by atoms with E-state index < -0.39 is 17.3 Å². The number of hydrogen-bond donors (Lipinski definition) is 3. The summed E-state index contributed by atoms with van der Waals surface area (Å²) in [5, 5.41) is 30.1. The van der Waals surface area contributed by atoms with Crippen molar-refractivity contribution in [3.05, 3.63) is 0 Å². The van der Waals surface area contributed by atoms with E-state index in [0.717, 1.165) is 19.3 Å². The van der Waals surface area contributed by atoms with Gasteiger partial charge in [-0.3, -0.25) is 0 Å². The number of fused-ring (bicyclic) bond motifs is 1. The normalized spacial score (nSPS) is 51.5. The molecule has 2 aliphatic carbocycles. The average Bonchev–Trinajstić information content (AvgIpc) is 2.09. The van der Waals surface area contributed by atoms with E-state index in [1.165, 1.54) is 0 Å². The smallest absolute Gasteiger partial charge is 0.119 e. The first kappa shape index (κ1) is 9.44. The van der Waals surface area contributed by atoms with Gasteiger partial charge in [0.05, 0.1) is 11.7 Å². The summed E-state index contributed by atoms with van der Waals surface area (Å²) in [5.74, 6) is 0. The summed E-state index contributed by atoms with van der Waals surface area (Å²) in [4.78, 5) is 0. The molecule has 2 saturated carbocycles. The largest absolute Gasteiger partial charge is 0.390 e. The van der Waals surface area contributed by atoms with Gasteiger partial charge in [0.25, 0.3) is 0 Å². The van der Waals surface area contributed by atoms with Crippen LogP contribution < -0.4 is 0 Å².